The van der Waals surface area contributed by atoms with Crippen LogP contribution in [-0.2, 0) is 31.1 Å². The Balaban J connectivity index is 1.35. The molecule has 0 spiro atoms. The second kappa shape index (κ2) is 11.6. The number of imide groups is 1. The minimum atomic E-state index is -1.35. The predicted octanol–water partition coefficient (Wildman–Crippen LogP) is 6.49. The van der Waals surface area contributed by atoms with Gasteiger partial charge in [0.15, 0.2) is 23.1 Å². The maximum absolute atomic E-state index is 15.0. The van der Waals surface area contributed by atoms with Crippen LogP contribution in [0.2, 0.25) is 0 Å². The maximum atomic E-state index is 15.0. The molecule has 6 atom stereocenters. The minimum Gasteiger partial charge on any atom is -0.504 e. The molecule has 0 radical (unpaired) electrons. The van der Waals surface area contributed by atoms with Crippen LogP contribution in [0.4, 0.5) is 0 Å². The monoisotopic (exact) mass is 655 g/mol. The van der Waals surface area contributed by atoms with Crippen LogP contribution in [0.15, 0.2) is 114 Å². The average Bonchev–Trinajstić information content (AvgIpc) is 3.72. The van der Waals surface area contributed by atoms with Crippen molar-refractivity contribution in [2.24, 2.45) is 23.7 Å². The van der Waals surface area contributed by atoms with Gasteiger partial charge in [-0.05, 0) is 65.1 Å². The zero-order valence-corrected chi connectivity index (χ0v) is 27.1. The van der Waals surface area contributed by atoms with Crippen LogP contribution in [0.3, 0.4) is 0 Å². The molecule has 2 fully saturated rings. The van der Waals surface area contributed by atoms with Crippen molar-refractivity contribution in [3.8, 4) is 11.5 Å². The number of ketones is 2. The molecular weight excluding hydrogens is 623 g/mol. The van der Waals surface area contributed by atoms with Gasteiger partial charge in [-0.2, -0.15) is 0 Å². The van der Waals surface area contributed by atoms with E-state index in [9.17, 15) is 19.5 Å². The Morgan fingerprint density at radius 1 is 0.896 bits per heavy atom. The summed E-state index contributed by atoms with van der Waals surface area (Å²) in [6.45, 7) is 0.218. The van der Waals surface area contributed by atoms with Crippen LogP contribution >= 0.6 is 11.3 Å². The van der Waals surface area contributed by atoms with Crippen LogP contribution in [0.5, 0.6) is 11.5 Å². The molecule has 1 aliphatic heterocycles. The molecule has 1 N–H and O–H groups in total. The third kappa shape index (κ3) is 4.39. The van der Waals surface area contributed by atoms with E-state index in [2.05, 4.69) is 0 Å². The van der Waals surface area contributed by atoms with Gasteiger partial charge in [0.25, 0.3) is 0 Å². The number of methoxy groups -OCH3 is 1. The number of Topliss-reactive ketones (excluding diaryl/α,β-unsaturated/α-hetero) is 1. The molecule has 240 valence electrons. The molecule has 8 rings (SSSR count). The summed E-state index contributed by atoms with van der Waals surface area (Å²) in [4.78, 5) is 60.5. The van der Waals surface area contributed by atoms with E-state index in [4.69, 9.17) is 4.74 Å². The third-order valence-corrected chi connectivity index (χ3v) is 11.8. The number of nitrogens with zero attached hydrogens (tertiary/aromatic N) is 1. The van der Waals surface area contributed by atoms with Crippen LogP contribution in [-0.4, -0.2) is 40.5 Å². The van der Waals surface area contributed by atoms with E-state index >= 15 is 4.79 Å². The van der Waals surface area contributed by atoms with Gasteiger partial charge in [-0.15, -0.1) is 11.3 Å². The molecule has 6 unspecified atom stereocenters. The highest BCUT2D eigenvalue weighted by atomic mass is 32.1. The first-order valence-electron chi connectivity index (χ1n) is 16.2. The van der Waals surface area contributed by atoms with Crippen molar-refractivity contribution in [2.75, 3.05) is 7.11 Å². The summed E-state index contributed by atoms with van der Waals surface area (Å²) in [5.74, 6) is -3.78. The Kier molecular flexibility index (Phi) is 7.29. The maximum Gasteiger partial charge on any atom is 0.234 e. The number of fused-ring (bicyclic) bond motifs is 4. The first-order chi connectivity index (χ1) is 23.3. The molecule has 2 amide bonds. The van der Waals surface area contributed by atoms with Gasteiger partial charge in [0.1, 0.15) is 0 Å². The van der Waals surface area contributed by atoms with Gasteiger partial charge in [-0.1, -0.05) is 84.4 Å². The molecule has 1 saturated carbocycles. The van der Waals surface area contributed by atoms with Crippen LogP contribution in [0, 0.1) is 23.7 Å². The molecular formula is C40H33NO6S. The van der Waals surface area contributed by atoms with Gasteiger partial charge in [-0.3, -0.25) is 24.1 Å². The smallest absolute Gasteiger partial charge is 0.234 e. The van der Waals surface area contributed by atoms with Crippen molar-refractivity contribution in [1.29, 1.82) is 0 Å². The van der Waals surface area contributed by atoms with Crippen molar-refractivity contribution < 1.29 is 29.0 Å². The Morgan fingerprint density at radius 3 is 2.33 bits per heavy atom. The zero-order valence-electron chi connectivity index (χ0n) is 26.2. The topological polar surface area (TPSA) is 101 Å². The molecule has 3 aromatic carbocycles. The molecule has 1 aromatic heterocycles. The number of carbonyl (C=O) groups excluding carboxylic acids is 4. The van der Waals surface area contributed by atoms with E-state index in [0.717, 1.165) is 10.5 Å². The van der Waals surface area contributed by atoms with E-state index in [1.165, 1.54) is 29.4 Å². The van der Waals surface area contributed by atoms with E-state index in [-0.39, 0.29) is 47.8 Å². The van der Waals surface area contributed by atoms with E-state index in [1.807, 2.05) is 90.3 Å². The highest BCUT2D eigenvalue weighted by Crippen LogP contribution is 2.64. The predicted molar refractivity (Wildman–Crippen MR) is 181 cm³/mol. The number of likely N-dealkylation sites (tertiary alicyclic amines) is 1. The largest absolute Gasteiger partial charge is 0.504 e. The number of hydrogen-bond donors (Lipinski definition) is 1. The lowest BCUT2D eigenvalue weighted by molar-refractivity contribution is -0.141. The molecule has 2 heterocycles. The van der Waals surface area contributed by atoms with Gasteiger partial charge in [0, 0.05) is 22.3 Å². The molecule has 8 heteroatoms. The van der Waals surface area contributed by atoms with Gasteiger partial charge in [0.05, 0.1) is 30.9 Å². The van der Waals surface area contributed by atoms with Crippen LogP contribution in [0.25, 0.3) is 5.57 Å². The summed E-state index contributed by atoms with van der Waals surface area (Å²) >= 11 is 1.50. The Hall–Kier alpha value is -5.08. The molecule has 7 nitrogen and oxygen atoms in total. The number of phenolic OH excluding ortho intramolecular Hbond substituents is 1. The van der Waals surface area contributed by atoms with Gasteiger partial charge in [-0.25, -0.2) is 0 Å². The Labute approximate surface area is 282 Å². The minimum absolute atomic E-state index is 0.0875. The second-order valence-corrected chi connectivity index (χ2v) is 14.1. The van der Waals surface area contributed by atoms with Gasteiger partial charge < -0.3 is 9.84 Å². The lowest BCUT2D eigenvalue weighted by Gasteiger charge is -2.55. The molecule has 4 aliphatic rings. The molecule has 48 heavy (non-hydrogen) atoms. The van der Waals surface area contributed by atoms with Crippen molar-refractivity contribution in [3.05, 3.63) is 136 Å². The van der Waals surface area contributed by atoms with Crippen molar-refractivity contribution in [2.45, 2.75) is 30.7 Å². The van der Waals surface area contributed by atoms with E-state index < -0.39 is 35.0 Å². The highest BCUT2D eigenvalue weighted by molar-refractivity contribution is 7.09. The summed E-state index contributed by atoms with van der Waals surface area (Å²) < 4.78 is 5.37. The van der Waals surface area contributed by atoms with Crippen molar-refractivity contribution >= 4 is 40.3 Å². The number of rotatable bonds is 6. The number of ether oxygens (including phenoxy) is 1. The second-order valence-electron chi connectivity index (χ2n) is 13.1. The molecule has 1 saturated heterocycles. The normalized spacial score (nSPS) is 27.9. The summed E-state index contributed by atoms with van der Waals surface area (Å²) in [6, 6.07) is 27.6. The summed E-state index contributed by atoms with van der Waals surface area (Å²) in [5.41, 5.74) is 1.86. The standard InChI is InChI=1S/C40H33NO6S/c1-47-33-17-14-24(19-32(33)42)36-27-15-16-28-35(39(46)41(38(28)45)22-26-13-8-18-48-26)30(27)20-31-37(44)29(23-9-4-2-5-10-23)21-34(43)40(31,36)25-11-6-3-7-12-25/h2-15,17-19,21,28,30-31,35-36,42H,16,20,22H2,1H3. The van der Waals surface area contributed by atoms with Gasteiger partial charge in [0.2, 0.25) is 11.8 Å². The van der Waals surface area contributed by atoms with Gasteiger partial charge >= 0.3 is 0 Å². The number of phenols is 1. The number of carbonyl (C=O) groups is 4. The first kappa shape index (κ1) is 30.3. The zero-order chi connectivity index (χ0) is 33.2. The van der Waals surface area contributed by atoms with Crippen molar-refractivity contribution in [3.63, 3.8) is 0 Å². The van der Waals surface area contributed by atoms with E-state index in [0.29, 0.717) is 28.7 Å². The number of aromatic hydroxyl groups is 1. The lowest BCUT2D eigenvalue weighted by Crippen LogP contribution is -2.58. The number of allylic oxidation sites excluding steroid dienone is 4. The fourth-order valence-corrected chi connectivity index (χ4v) is 9.61. The molecule has 3 aliphatic carbocycles. The third-order valence-electron chi connectivity index (χ3n) is 10.9. The number of hydrogen-bond acceptors (Lipinski definition) is 7. The fourth-order valence-electron chi connectivity index (χ4n) is 8.92. The van der Waals surface area contributed by atoms with E-state index in [1.54, 1.807) is 12.1 Å². The number of amides is 2. The van der Waals surface area contributed by atoms with Crippen LogP contribution < -0.4 is 4.74 Å². The summed E-state index contributed by atoms with van der Waals surface area (Å²) in [7, 11) is 1.47. The quantitative estimate of drug-likeness (QED) is 0.188. The summed E-state index contributed by atoms with van der Waals surface area (Å²) in [6.07, 6.45) is 4.12. The number of thiophene rings is 1. The fraction of sp³-hybridized carbons (Fsp3) is 0.250. The highest BCUT2D eigenvalue weighted by Gasteiger charge is 2.65. The first-order valence-corrected chi connectivity index (χ1v) is 17.1. The molecule has 4 aromatic rings. The Morgan fingerprint density at radius 2 is 1.65 bits per heavy atom. The molecule has 0 bridgehead atoms. The SMILES string of the molecule is COc1ccc(C2C3=CCC4C(=O)N(Cc5cccs5)C(=O)C4C3CC3C(=O)C(c4ccccc4)=CC(=O)C32c2ccccc2)cc1O. The Bertz CT molecular complexity index is 2020. The lowest BCUT2D eigenvalue weighted by atomic mass is 9.44. The van der Waals surface area contributed by atoms with Crippen LogP contribution in [0.1, 0.15) is 40.3 Å². The average molecular weight is 656 g/mol. The van der Waals surface area contributed by atoms with Crippen molar-refractivity contribution in [1.82, 2.24) is 4.90 Å². The summed E-state index contributed by atoms with van der Waals surface area (Å²) in [5, 5.41) is 13.0. The number of benzene rings is 3.